The average Bonchev–Trinajstić information content (AvgIpc) is 2.68. The lowest BCUT2D eigenvalue weighted by Crippen LogP contribution is -2.30. The number of nitrogens with one attached hydrogen (secondary N) is 1. The van der Waals surface area contributed by atoms with Gasteiger partial charge in [-0.15, -0.1) is 0 Å². The molecule has 27 heavy (non-hydrogen) atoms. The highest BCUT2D eigenvalue weighted by Gasteiger charge is 2.14. The molecule has 0 saturated carbocycles. The third-order valence-electron chi connectivity index (χ3n) is 3.71. The zero-order valence-electron chi connectivity index (χ0n) is 15.3. The second kappa shape index (κ2) is 10.2. The summed E-state index contributed by atoms with van der Waals surface area (Å²) in [5, 5.41) is 2.59. The summed E-state index contributed by atoms with van der Waals surface area (Å²) in [5.41, 5.74) is 0.759. The van der Waals surface area contributed by atoms with Crippen LogP contribution in [0.2, 0.25) is 0 Å². The zero-order chi connectivity index (χ0) is 19.6. The topological polar surface area (TPSA) is 73.9 Å². The van der Waals surface area contributed by atoms with E-state index in [1.54, 1.807) is 24.3 Å². The third-order valence-corrected chi connectivity index (χ3v) is 3.71. The van der Waals surface area contributed by atoms with Gasteiger partial charge < -0.3 is 19.5 Å². The van der Waals surface area contributed by atoms with Crippen molar-refractivity contribution in [2.45, 2.75) is 13.3 Å². The number of ether oxygens (including phenoxy) is 3. The maximum Gasteiger partial charge on any atom is 0.338 e. The number of amides is 1. The van der Waals surface area contributed by atoms with Gasteiger partial charge in [0.1, 0.15) is 5.82 Å². The molecule has 2 rings (SSSR count). The van der Waals surface area contributed by atoms with E-state index in [0.29, 0.717) is 30.1 Å². The van der Waals surface area contributed by atoms with Gasteiger partial charge in [0.15, 0.2) is 18.1 Å². The Morgan fingerprint density at radius 1 is 1.11 bits per heavy atom. The van der Waals surface area contributed by atoms with E-state index < -0.39 is 18.5 Å². The monoisotopic (exact) mass is 375 g/mol. The highest BCUT2D eigenvalue weighted by Crippen LogP contribution is 2.28. The molecule has 0 aliphatic heterocycles. The van der Waals surface area contributed by atoms with Crippen molar-refractivity contribution in [3.8, 4) is 11.5 Å². The predicted molar refractivity (Wildman–Crippen MR) is 97.6 cm³/mol. The molecule has 2 aromatic carbocycles. The SMILES string of the molecule is CCOc1cc(C(=O)OCC(=O)NCCc2ccccc2F)ccc1OC. The Morgan fingerprint density at radius 2 is 1.89 bits per heavy atom. The Bertz CT molecular complexity index is 794. The van der Waals surface area contributed by atoms with E-state index in [4.69, 9.17) is 14.2 Å². The first kappa shape index (κ1) is 20.2. The van der Waals surface area contributed by atoms with Gasteiger partial charge in [0.2, 0.25) is 0 Å². The Hall–Kier alpha value is -3.09. The van der Waals surface area contributed by atoms with Crippen molar-refractivity contribution in [2.24, 2.45) is 0 Å². The van der Waals surface area contributed by atoms with Crippen LogP contribution < -0.4 is 14.8 Å². The van der Waals surface area contributed by atoms with E-state index in [9.17, 15) is 14.0 Å². The summed E-state index contributed by atoms with van der Waals surface area (Å²) < 4.78 is 29.1. The molecule has 0 radical (unpaired) electrons. The summed E-state index contributed by atoms with van der Waals surface area (Å²) in [6.07, 6.45) is 0.350. The fourth-order valence-corrected chi connectivity index (χ4v) is 2.38. The first-order valence-electron chi connectivity index (χ1n) is 8.53. The van der Waals surface area contributed by atoms with E-state index in [-0.39, 0.29) is 17.9 Å². The minimum absolute atomic E-state index is 0.244. The molecule has 6 nitrogen and oxygen atoms in total. The number of halogens is 1. The molecule has 0 fully saturated rings. The molecule has 0 aliphatic carbocycles. The van der Waals surface area contributed by atoms with Gasteiger partial charge in [0, 0.05) is 6.54 Å². The number of esters is 1. The lowest BCUT2D eigenvalue weighted by atomic mass is 10.1. The van der Waals surface area contributed by atoms with Crippen molar-refractivity contribution in [3.05, 3.63) is 59.4 Å². The van der Waals surface area contributed by atoms with Crippen molar-refractivity contribution >= 4 is 11.9 Å². The van der Waals surface area contributed by atoms with Gasteiger partial charge >= 0.3 is 5.97 Å². The molecule has 144 valence electrons. The molecule has 2 aromatic rings. The minimum Gasteiger partial charge on any atom is -0.493 e. The Balaban J connectivity index is 1.81. The first-order valence-corrected chi connectivity index (χ1v) is 8.53. The highest BCUT2D eigenvalue weighted by atomic mass is 19.1. The first-order chi connectivity index (χ1) is 13.0. The number of hydrogen-bond acceptors (Lipinski definition) is 5. The number of carbonyl (C=O) groups excluding carboxylic acids is 2. The molecule has 0 heterocycles. The summed E-state index contributed by atoms with van der Waals surface area (Å²) in [6, 6.07) is 11.0. The van der Waals surface area contributed by atoms with E-state index in [0.717, 1.165) is 0 Å². The lowest BCUT2D eigenvalue weighted by molar-refractivity contribution is -0.124. The summed E-state index contributed by atoms with van der Waals surface area (Å²) in [4.78, 5) is 23.9. The molecule has 0 aromatic heterocycles. The number of benzene rings is 2. The molecular formula is C20H22FNO5. The van der Waals surface area contributed by atoms with Gasteiger partial charge in [-0.2, -0.15) is 0 Å². The Morgan fingerprint density at radius 3 is 2.59 bits per heavy atom. The number of methoxy groups -OCH3 is 1. The van der Waals surface area contributed by atoms with Crippen molar-refractivity contribution in [3.63, 3.8) is 0 Å². The van der Waals surface area contributed by atoms with Gasteiger partial charge in [-0.3, -0.25) is 4.79 Å². The van der Waals surface area contributed by atoms with Crippen LogP contribution in [0.15, 0.2) is 42.5 Å². The Kier molecular flexibility index (Phi) is 7.61. The summed E-state index contributed by atoms with van der Waals surface area (Å²) >= 11 is 0. The van der Waals surface area contributed by atoms with Crippen molar-refractivity contribution in [2.75, 3.05) is 26.9 Å². The fourth-order valence-electron chi connectivity index (χ4n) is 2.38. The van der Waals surface area contributed by atoms with Crippen LogP contribution in [0.4, 0.5) is 4.39 Å². The molecule has 0 bridgehead atoms. The zero-order valence-corrected chi connectivity index (χ0v) is 15.3. The van der Waals surface area contributed by atoms with Gasteiger partial charge in [-0.1, -0.05) is 18.2 Å². The van der Waals surface area contributed by atoms with Crippen LogP contribution in [0.1, 0.15) is 22.8 Å². The lowest BCUT2D eigenvalue weighted by Gasteiger charge is -2.11. The number of rotatable bonds is 9. The second-order valence-corrected chi connectivity index (χ2v) is 5.57. The molecule has 1 N–H and O–H groups in total. The molecule has 0 unspecified atom stereocenters. The van der Waals surface area contributed by atoms with Crippen molar-refractivity contribution < 1.29 is 28.2 Å². The van der Waals surface area contributed by atoms with Crippen LogP contribution in [-0.4, -0.2) is 38.7 Å². The molecule has 7 heteroatoms. The normalized spacial score (nSPS) is 10.2. The van der Waals surface area contributed by atoms with Gasteiger partial charge in [0.05, 0.1) is 19.3 Å². The smallest absolute Gasteiger partial charge is 0.338 e. The molecule has 0 atom stereocenters. The van der Waals surface area contributed by atoms with Gasteiger partial charge in [-0.25, -0.2) is 9.18 Å². The molecular weight excluding hydrogens is 353 g/mol. The van der Waals surface area contributed by atoms with E-state index >= 15 is 0 Å². The quantitative estimate of drug-likeness (QED) is 0.682. The summed E-state index contributed by atoms with van der Waals surface area (Å²) in [5.74, 6) is -0.507. The largest absolute Gasteiger partial charge is 0.493 e. The highest BCUT2D eigenvalue weighted by molar-refractivity contribution is 5.92. The predicted octanol–water partition coefficient (Wildman–Crippen LogP) is 2.75. The molecule has 0 spiro atoms. The van der Waals surface area contributed by atoms with Crippen LogP contribution in [0.3, 0.4) is 0 Å². The molecule has 1 amide bonds. The van der Waals surface area contributed by atoms with Crippen LogP contribution >= 0.6 is 0 Å². The number of hydrogen-bond donors (Lipinski definition) is 1. The molecule has 0 saturated heterocycles. The van der Waals surface area contributed by atoms with Crippen molar-refractivity contribution in [1.29, 1.82) is 0 Å². The average molecular weight is 375 g/mol. The second-order valence-electron chi connectivity index (χ2n) is 5.57. The molecule has 0 aliphatic rings. The van der Waals surface area contributed by atoms with Crippen molar-refractivity contribution in [1.82, 2.24) is 5.32 Å². The number of carbonyl (C=O) groups is 2. The summed E-state index contributed by atoms with van der Waals surface area (Å²) in [6.45, 7) is 2.05. The van der Waals surface area contributed by atoms with Crippen LogP contribution in [-0.2, 0) is 16.0 Å². The van der Waals surface area contributed by atoms with Gasteiger partial charge in [-0.05, 0) is 43.2 Å². The van der Waals surface area contributed by atoms with Crippen LogP contribution in [0.5, 0.6) is 11.5 Å². The Labute approximate surface area is 157 Å². The van der Waals surface area contributed by atoms with E-state index in [1.807, 2.05) is 6.92 Å². The van der Waals surface area contributed by atoms with Gasteiger partial charge in [0.25, 0.3) is 5.91 Å². The minimum atomic E-state index is -0.650. The van der Waals surface area contributed by atoms with E-state index in [1.165, 1.54) is 25.3 Å². The summed E-state index contributed by atoms with van der Waals surface area (Å²) in [7, 11) is 1.50. The van der Waals surface area contributed by atoms with Crippen LogP contribution in [0, 0.1) is 5.82 Å². The van der Waals surface area contributed by atoms with E-state index in [2.05, 4.69) is 5.32 Å². The third kappa shape index (κ3) is 5.99. The maximum absolute atomic E-state index is 13.5. The fraction of sp³-hybridized carbons (Fsp3) is 0.300. The standard InChI is InChI=1S/C20H22FNO5/c1-3-26-18-12-15(8-9-17(18)25-2)20(24)27-13-19(23)22-11-10-14-6-4-5-7-16(14)21/h4-9,12H,3,10-11,13H2,1-2H3,(H,22,23). The maximum atomic E-state index is 13.5. The van der Waals surface area contributed by atoms with Crippen LogP contribution in [0.25, 0.3) is 0 Å².